The van der Waals surface area contributed by atoms with Gasteiger partial charge < -0.3 is 0 Å². The Morgan fingerprint density at radius 1 is 1.19 bits per heavy atom. The predicted molar refractivity (Wildman–Crippen MR) is 105 cm³/mol. The number of hydrogen-bond donors (Lipinski definition) is 2. The SMILES string of the molecule is CC(C)c1ccc(C=NNC(=O)c2cc(-c3ccccc3Cl)n[nH]2)cc1. The summed E-state index contributed by atoms with van der Waals surface area (Å²) in [6.07, 6.45) is 1.60. The number of benzene rings is 2. The van der Waals surface area contributed by atoms with E-state index in [-0.39, 0.29) is 5.91 Å². The molecule has 0 bridgehead atoms. The Kier molecular flexibility index (Phi) is 5.49. The molecular formula is C20H19ClN4O. The van der Waals surface area contributed by atoms with Crippen molar-refractivity contribution >= 4 is 23.7 Å². The molecule has 1 aromatic heterocycles. The fourth-order valence-corrected chi connectivity index (χ4v) is 2.67. The van der Waals surface area contributed by atoms with Crippen LogP contribution >= 0.6 is 11.6 Å². The predicted octanol–water partition coefficient (Wildman–Crippen LogP) is 4.62. The van der Waals surface area contributed by atoms with Gasteiger partial charge in [-0.2, -0.15) is 10.2 Å². The standard InChI is InChI=1S/C20H19ClN4O/c1-13(2)15-9-7-14(8-10-15)12-22-25-20(26)19-11-18(23-24-19)16-5-3-4-6-17(16)21/h3-13H,1-2H3,(H,23,24)(H,25,26). The molecule has 132 valence electrons. The first-order valence-electron chi connectivity index (χ1n) is 8.28. The van der Waals surface area contributed by atoms with Crippen molar-refractivity contribution in [3.05, 3.63) is 76.4 Å². The van der Waals surface area contributed by atoms with Gasteiger partial charge in [-0.05, 0) is 29.2 Å². The number of nitrogens with zero attached hydrogens (tertiary/aromatic N) is 2. The van der Waals surface area contributed by atoms with Crippen molar-refractivity contribution in [2.24, 2.45) is 5.10 Å². The number of hydrogen-bond acceptors (Lipinski definition) is 3. The molecule has 26 heavy (non-hydrogen) atoms. The summed E-state index contributed by atoms with van der Waals surface area (Å²) in [6.45, 7) is 4.29. The number of amides is 1. The maximum Gasteiger partial charge on any atom is 0.289 e. The van der Waals surface area contributed by atoms with Crippen LogP contribution in [0.15, 0.2) is 59.7 Å². The number of aromatic nitrogens is 2. The average molecular weight is 367 g/mol. The molecule has 0 atom stereocenters. The first-order chi connectivity index (χ1) is 12.5. The van der Waals surface area contributed by atoms with Crippen LogP contribution in [-0.2, 0) is 0 Å². The third kappa shape index (κ3) is 4.18. The largest absolute Gasteiger partial charge is 0.289 e. The van der Waals surface area contributed by atoms with Gasteiger partial charge in [-0.3, -0.25) is 9.89 Å². The second kappa shape index (κ2) is 7.97. The van der Waals surface area contributed by atoms with Gasteiger partial charge in [0.05, 0.1) is 16.9 Å². The highest BCUT2D eigenvalue weighted by Crippen LogP contribution is 2.26. The highest BCUT2D eigenvalue weighted by Gasteiger charge is 2.12. The lowest BCUT2D eigenvalue weighted by Crippen LogP contribution is -2.18. The number of H-pyrrole nitrogens is 1. The van der Waals surface area contributed by atoms with Crippen molar-refractivity contribution in [3.63, 3.8) is 0 Å². The maximum absolute atomic E-state index is 12.2. The molecule has 2 N–H and O–H groups in total. The average Bonchev–Trinajstić information content (AvgIpc) is 3.12. The second-order valence-corrected chi connectivity index (χ2v) is 6.57. The first-order valence-corrected chi connectivity index (χ1v) is 8.66. The molecule has 0 saturated carbocycles. The fraction of sp³-hybridized carbons (Fsp3) is 0.150. The molecule has 3 rings (SSSR count). The summed E-state index contributed by atoms with van der Waals surface area (Å²) in [7, 11) is 0. The van der Waals surface area contributed by atoms with Crippen LogP contribution in [0, 0.1) is 0 Å². The maximum atomic E-state index is 12.2. The van der Waals surface area contributed by atoms with E-state index in [0.717, 1.165) is 11.1 Å². The van der Waals surface area contributed by atoms with E-state index in [0.29, 0.717) is 22.3 Å². The van der Waals surface area contributed by atoms with Crippen LogP contribution in [0.3, 0.4) is 0 Å². The van der Waals surface area contributed by atoms with E-state index >= 15 is 0 Å². The molecule has 0 aliphatic heterocycles. The van der Waals surface area contributed by atoms with E-state index in [1.54, 1.807) is 18.3 Å². The normalized spacial score (nSPS) is 11.2. The Morgan fingerprint density at radius 3 is 2.62 bits per heavy atom. The highest BCUT2D eigenvalue weighted by molar-refractivity contribution is 6.33. The molecule has 0 spiro atoms. The molecule has 0 saturated heterocycles. The summed E-state index contributed by atoms with van der Waals surface area (Å²) >= 11 is 6.15. The third-order valence-electron chi connectivity index (χ3n) is 3.96. The zero-order chi connectivity index (χ0) is 18.5. The zero-order valence-corrected chi connectivity index (χ0v) is 15.3. The number of aromatic amines is 1. The van der Waals surface area contributed by atoms with Crippen molar-refractivity contribution in [1.82, 2.24) is 15.6 Å². The van der Waals surface area contributed by atoms with E-state index in [9.17, 15) is 4.79 Å². The molecule has 0 fully saturated rings. The number of halogens is 1. The quantitative estimate of drug-likeness (QED) is 0.511. The summed E-state index contributed by atoms with van der Waals surface area (Å²) in [5, 5.41) is 11.4. The minimum absolute atomic E-state index is 0.312. The smallest absolute Gasteiger partial charge is 0.272 e. The van der Waals surface area contributed by atoms with E-state index < -0.39 is 0 Å². The van der Waals surface area contributed by atoms with Crippen LogP contribution in [0.25, 0.3) is 11.3 Å². The summed E-state index contributed by atoms with van der Waals surface area (Å²) < 4.78 is 0. The number of rotatable bonds is 5. The molecule has 0 aliphatic carbocycles. The van der Waals surface area contributed by atoms with Crippen LogP contribution in [0.2, 0.25) is 5.02 Å². The lowest BCUT2D eigenvalue weighted by molar-refractivity contribution is 0.0950. The van der Waals surface area contributed by atoms with Crippen molar-refractivity contribution in [1.29, 1.82) is 0 Å². The highest BCUT2D eigenvalue weighted by atomic mass is 35.5. The lowest BCUT2D eigenvalue weighted by atomic mass is 10.0. The van der Waals surface area contributed by atoms with Gasteiger partial charge in [0, 0.05) is 5.56 Å². The monoisotopic (exact) mass is 366 g/mol. The zero-order valence-electron chi connectivity index (χ0n) is 14.5. The van der Waals surface area contributed by atoms with Crippen LogP contribution < -0.4 is 5.43 Å². The van der Waals surface area contributed by atoms with Crippen molar-refractivity contribution in [2.45, 2.75) is 19.8 Å². The molecule has 1 amide bonds. The summed E-state index contributed by atoms with van der Waals surface area (Å²) in [6, 6.07) is 17.0. The molecule has 0 radical (unpaired) electrons. The minimum atomic E-state index is -0.370. The van der Waals surface area contributed by atoms with Gasteiger partial charge in [-0.25, -0.2) is 5.43 Å². The van der Waals surface area contributed by atoms with E-state index in [2.05, 4.69) is 46.7 Å². The van der Waals surface area contributed by atoms with Gasteiger partial charge in [-0.1, -0.05) is 67.9 Å². The summed E-state index contributed by atoms with van der Waals surface area (Å²) in [5.74, 6) is 0.110. The van der Waals surface area contributed by atoms with E-state index in [4.69, 9.17) is 11.6 Å². The third-order valence-corrected chi connectivity index (χ3v) is 4.28. The first kappa shape index (κ1) is 17.9. The van der Waals surface area contributed by atoms with Gasteiger partial charge in [0.15, 0.2) is 0 Å². The van der Waals surface area contributed by atoms with Crippen molar-refractivity contribution < 1.29 is 4.79 Å². The van der Waals surface area contributed by atoms with Crippen molar-refractivity contribution in [3.8, 4) is 11.3 Å². The molecule has 1 heterocycles. The Balaban J connectivity index is 1.64. The van der Waals surface area contributed by atoms with E-state index in [1.165, 1.54) is 5.56 Å². The van der Waals surface area contributed by atoms with Crippen LogP contribution in [0.5, 0.6) is 0 Å². The topological polar surface area (TPSA) is 70.1 Å². The van der Waals surface area contributed by atoms with Gasteiger partial charge in [0.25, 0.3) is 5.91 Å². The Bertz CT molecular complexity index is 929. The summed E-state index contributed by atoms with van der Waals surface area (Å²) in [4.78, 5) is 12.2. The van der Waals surface area contributed by atoms with Gasteiger partial charge in [0.1, 0.15) is 5.69 Å². The molecule has 5 nitrogen and oxygen atoms in total. The Morgan fingerprint density at radius 2 is 1.92 bits per heavy atom. The lowest BCUT2D eigenvalue weighted by Gasteiger charge is -2.04. The van der Waals surface area contributed by atoms with Crippen molar-refractivity contribution in [2.75, 3.05) is 0 Å². The van der Waals surface area contributed by atoms with Crippen LogP contribution in [0.4, 0.5) is 0 Å². The van der Waals surface area contributed by atoms with Gasteiger partial charge >= 0.3 is 0 Å². The second-order valence-electron chi connectivity index (χ2n) is 6.17. The van der Waals surface area contributed by atoms with Crippen LogP contribution in [0.1, 0.15) is 41.4 Å². The van der Waals surface area contributed by atoms with Gasteiger partial charge in [0.2, 0.25) is 0 Å². The molecule has 3 aromatic rings. The summed E-state index contributed by atoms with van der Waals surface area (Å²) in [5.41, 5.74) is 6.34. The fourth-order valence-electron chi connectivity index (χ4n) is 2.44. The molecule has 0 unspecified atom stereocenters. The number of hydrazone groups is 1. The molecule has 2 aromatic carbocycles. The molecule has 6 heteroatoms. The Labute approximate surface area is 157 Å². The number of nitrogens with one attached hydrogen (secondary N) is 2. The number of carbonyl (C=O) groups excluding carboxylic acids is 1. The number of carbonyl (C=O) groups is 1. The van der Waals surface area contributed by atoms with E-state index in [1.807, 2.05) is 30.3 Å². The Hall–Kier alpha value is -2.92. The minimum Gasteiger partial charge on any atom is -0.272 e. The van der Waals surface area contributed by atoms with Gasteiger partial charge in [-0.15, -0.1) is 0 Å². The molecular weight excluding hydrogens is 348 g/mol. The van der Waals surface area contributed by atoms with Crippen LogP contribution in [-0.4, -0.2) is 22.3 Å². The molecule has 0 aliphatic rings.